The minimum Gasteiger partial charge on any atom is -0.507 e. The van der Waals surface area contributed by atoms with E-state index in [-0.39, 0.29) is 0 Å². The van der Waals surface area contributed by atoms with Crippen molar-refractivity contribution in [3.05, 3.63) is 78.9 Å². The molecule has 0 fully saturated rings. The lowest BCUT2D eigenvalue weighted by Crippen LogP contribution is -1.96. The fourth-order valence-electron chi connectivity index (χ4n) is 7.24. The Balaban J connectivity index is 1.81. The predicted molar refractivity (Wildman–Crippen MR) is 142 cm³/mol. The predicted octanol–water partition coefficient (Wildman–Crippen LogP) is 8.96. The topological polar surface area (TPSA) is 20.2 Å². The van der Waals surface area contributed by atoms with Crippen molar-refractivity contribution >= 4 is 97.0 Å². The van der Waals surface area contributed by atoms with Crippen LogP contribution >= 0.6 is 0 Å². The molecule has 148 valence electrons. The van der Waals surface area contributed by atoms with E-state index in [1.807, 2.05) is 6.07 Å². The minimum absolute atomic E-state index is 0.370. The van der Waals surface area contributed by atoms with Crippen molar-refractivity contribution in [3.8, 4) is 5.75 Å². The third-order valence-corrected chi connectivity index (χ3v) is 8.43. The molecule has 0 heterocycles. The maximum atomic E-state index is 11.2. The van der Waals surface area contributed by atoms with Crippen LogP contribution in [0.1, 0.15) is 0 Å². The summed E-state index contributed by atoms with van der Waals surface area (Å²) >= 11 is 0. The molecule has 0 aliphatic carbocycles. The van der Waals surface area contributed by atoms with E-state index in [0.29, 0.717) is 5.75 Å². The van der Waals surface area contributed by atoms with Crippen molar-refractivity contribution in [1.82, 2.24) is 0 Å². The van der Waals surface area contributed by atoms with Crippen molar-refractivity contribution in [2.45, 2.75) is 0 Å². The van der Waals surface area contributed by atoms with Crippen LogP contribution in [0.3, 0.4) is 0 Å². The van der Waals surface area contributed by atoms with Gasteiger partial charge < -0.3 is 5.11 Å². The van der Waals surface area contributed by atoms with Gasteiger partial charge >= 0.3 is 0 Å². The molecule has 0 aliphatic heterocycles. The number of phenolic OH excluding ortho intramolecular Hbond substituents is 1. The van der Waals surface area contributed by atoms with E-state index in [2.05, 4.69) is 72.8 Å². The van der Waals surface area contributed by atoms with Gasteiger partial charge in [0.1, 0.15) is 5.75 Å². The number of aromatic hydroxyl groups is 1. The van der Waals surface area contributed by atoms with Crippen LogP contribution in [-0.4, -0.2) is 5.11 Å². The summed E-state index contributed by atoms with van der Waals surface area (Å²) in [5.74, 6) is 0.370. The summed E-state index contributed by atoms with van der Waals surface area (Å²) in [6, 6.07) is 29.0. The van der Waals surface area contributed by atoms with Crippen molar-refractivity contribution in [3.63, 3.8) is 0 Å². The molecule has 0 amide bonds. The average molecular weight is 414 g/mol. The lowest BCUT2D eigenvalue weighted by Gasteiger charge is -2.25. The van der Waals surface area contributed by atoms with E-state index in [1.165, 1.54) is 86.2 Å². The summed E-state index contributed by atoms with van der Waals surface area (Å²) in [7, 11) is 0. The molecule has 0 unspecified atom stereocenters. The van der Waals surface area contributed by atoms with Gasteiger partial charge in [0.25, 0.3) is 0 Å². The van der Waals surface area contributed by atoms with Gasteiger partial charge in [0, 0.05) is 16.2 Å². The largest absolute Gasteiger partial charge is 0.507 e. The summed E-state index contributed by atoms with van der Waals surface area (Å²) in [4.78, 5) is 0. The average Bonchev–Trinajstić information content (AvgIpc) is 2.85. The summed E-state index contributed by atoms with van der Waals surface area (Å²) in [6.07, 6.45) is 0. The van der Waals surface area contributed by atoms with Crippen LogP contribution in [0.25, 0.3) is 97.0 Å². The van der Waals surface area contributed by atoms with Gasteiger partial charge in [0.15, 0.2) is 0 Å². The molecule has 0 aromatic heterocycles. The molecule has 10 rings (SSSR count). The van der Waals surface area contributed by atoms with Crippen LogP contribution in [0.5, 0.6) is 5.75 Å². The third kappa shape index (κ3) is 1.43. The minimum atomic E-state index is 0.370. The standard InChI is InChI=1S/C32H14O/c33-22-13-20-10-6-16-4-8-18-11-17-7-3-14-1-2-15-5-9-19-12-21(22)30-26(20)25(16)28(18)31-27(17)23(14)24(15)29(19)32(30)31/h1-13,33H. The molecule has 33 heavy (non-hydrogen) atoms. The van der Waals surface area contributed by atoms with E-state index in [9.17, 15) is 5.11 Å². The lowest BCUT2D eigenvalue weighted by atomic mass is 9.77. The highest BCUT2D eigenvalue weighted by molar-refractivity contribution is 6.53. The Morgan fingerprint density at radius 3 is 1.15 bits per heavy atom. The summed E-state index contributed by atoms with van der Waals surface area (Å²) < 4.78 is 0. The highest BCUT2D eigenvalue weighted by atomic mass is 16.3. The maximum absolute atomic E-state index is 11.2. The quantitative estimate of drug-likeness (QED) is 0.194. The van der Waals surface area contributed by atoms with Crippen LogP contribution in [0.4, 0.5) is 0 Å². The molecule has 10 aromatic rings. The number of rotatable bonds is 0. The number of benzene rings is 10. The van der Waals surface area contributed by atoms with Crippen LogP contribution in [-0.2, 0) is 0 Å². The van der Waals surface area contributed by atoms with Crippen molar-refractivity contribution in [2.24, 2.45) is 0 Å². The van der Waals surface area contributed by atoms with Gasteiger partial charge in [0.2, 0.25) is 0 Å². The second-order valence-corrected chi connectivity index (χ2v) is 9.84. The zero-order valence-corrected chi connectivity index (χ0v) is 17.5. The maximum Gasteiger partial charge on any atom is 0.124 e. The Bertz CT molecular complexity index is 2370. The SMILES string of the molecule is Oc1cc2ccc3ccc4cc5ccc6ccc7ccc8cc1c1c2c3c4c2c5c6c7c8c12. The van der Waals surface area contributed by atoms with Crippen molar-refractivity contribution < 1.29 is 5.11 Å². The number of hydrogen-bond acceptors (Lipinski definition) is 1. The zero-order chi connectivity index (χ0) is 21.2. The van der Waals surface area contributed by atoms with Crippen molar-refractivity contribution in [2.75, 3.05) is 0 Å². The number of hydrogen-bond donors (Lipinski definition) is 1. The van der Waals surface area contributed by atoms with E-state index in [1.54, 1.807) is 0 Å². The molecule has 0 radical (unpaired) electrons. The van der Waals surface area contributed by atoms with Gasteiger partial charge in [-0.3, -0.25) is 0 Å². The van der Waals surface area contributed by atoms with E-state index in [0.717, 1.165) is 10.8 Å². The van der Waals surface area contributed by atoms with Gasteiger partial charge in [-0.25, -0.2) is 0 Å². The molecule has 0 spiro atoms. The fraction of sp³-hybridized carbons (Fsp3) is 0. The first-order valence-corrected chi connectivity index (χ1v) is 11.5. The van der Waals surface area contributed by atoms with Crippen LogP contribution in [0.15, 0.2) is 78.9 Å². The van der Waals surface area contributed by atoms with E-state index in [4.69, 9.17) is 0 Å². The van der Waals surface area contributed by atoms with Gasteiger partial charge in [-0.1, -0.05) is 60.7 Å². The molecule has 0 saturated carbocycles. The van der Waals surface area contributed by atoms with Crippen LogP contribution in [0.2, 0.25) is 0 Å². The second-order valence-electron chi connectivity index (χ2n) is 9.84. The molecule has 0 aliphatic rings. The Kier molecular flexibility index (Phi) is 2.13. The van der Waals surface area contributed by atoms with Gasteiger partial charge in [0.05, 0.1) is 0 Å². The van der Waals surface area contributed by atoms with E-state index >= 15 is 0 Å². The second kappa shape index (κ2) is 4.55. The monoisotopic (exact) mass is 414 g/mol. The molecule has 1 N–H and O–H groups in total. The molecular weight excluding hydrogens is 400 g/mol. The first-order chi connectivity index (χ1) is 16.3. The molecule has 10 aromatic carbocycles. The Hall–Kier alpha value is -4.36. The normalized spacial score (nSPS) is 13.6. The van der Waals surface area contributed by atoms with E-state index < -0.39 is 0 Å². The third-order valence-electron chi connectivity index (χ3n) is 8.43. The first kappa shape index (κ1) is 15.4. The van der Waals surface area contributed by atoms with Crippen LogP contribution in [0, 0.1) is 0 Å². The zero-order valence-electron chi connectivity index (χ0n) is 17.5. The Labute approximate surface area is 186 Å². The smallest absolute Gasteiger partial charge is 0.124 e. The molecule has 0 atom stereocenters. The Morgan fingerprint density at radius 1 is 0.303 bits per heavy atom. The highest BCUT2D eigenvalue weighted by Gasteiger charge is 2.26. The number of phenols is 1. The fourth-order valence-corrected chi connectivity index (χ4v) is 7.24. The Morgan fingerprint density at radius 2 is 0.636 bits per heavy atom. The summed E-state index contributed by atoms with van der Waals surface area (Å²) in [5, 5.41) is 34.3. The van der Waals surface area contributed by atoms with Gasteiger partial charge in [-0.05, 0) is 99.0 Å². The lowest BCUT2D eigenvalue weighted by molar-refractivity contribution is 0.482. The first-order valence-electron chi connectivity index (χ1n) is 11.5. The summed E-state index contributed by atoms with van der Waals surface area (Å²) in [6.45, 7) is 0. The molecule has 1 nitrogen and oxygen atoms in total. The van der Waals surface area contributed by atoms with Gasteiger partial charge in [-0.2, -0.15) is 0 Å². The molecule has 0 bridgehead atoms. The molecular formula is C32H14O. The molecule has 1 heteroatoms. The van der Waals surface area contributed by atoms with Crippen LogP contribution < -0.4 is 0 Å². The van der Waals surface area contributed by atoms with Crippen molar-refractivity contribution in [1.29, 1.82) is 0 Å². The summed E-state index contributed by atoms with van der Waals surface area (Å²) in [5.41, 5.74) is 0. The highest BCUT2D eigenvalue weighted by Crippen LogP contribution is 2.55. The molecule has 0 saturated heterocycles. The van der Waals surface area contributed by atoms with Gasteiger partial charge in [-0.15, -0.1) is 0 Å².